The number of anilines is 1. The van der Waals surface area contributed by atoms with Gasteiger partial charge in [0.2, 0.25) is 11.8 Å². The molecule has 25 nitrogen and oxygen atoms in total. The zero-order chi connectivity index (χ0) is 50.1. The Morgan fingerprint density at radius 3 is 2.21 bits per heavy atom. The molecule has 1 aliphatic rings. The van der Waals surface area contributed by atoms with Crippen LogP contribution in [0.4, 0.5) is 5.82 Å². The van der Waals surface area contributed by atoms with Gasteiger partial charge in [0.25, 0.3) is 0 Å². The molecule has 0 bridgehead atoms. The number of nitrogens with zero attached hydrogens (tertiary/aromatic N) is 4. The highest BCUT2D eigenvalue weighted by Crippen LogP contribution is 2.61. The zero-order valence-corrected chi connectivity index (χ0v) is 41.6. The minimum atomic E-state index is -5.58. The quantitative estimate of drug-likeness (QED) is 0.0315. The first-order chi connectivity index (χ1) is 32.0. The predicted octanol–water partition coefficient (Wildman–Crippen LogP) is 3.96. The van der Waals surface area contributed by atoms with E-state index >= 15 is 0 Å². The number of ether oxygens (including phenoxy) is 1. The summed E-state index contributed by atoms with van der Waals surface area (Å²) < 4.78 is 68.4. The summed E-state index contributed by atoms with van der Waals surface area (Å²) in [5.74, 6) is 0.979. The van der Waals surface area contributed by atoms with E-state index < -0.39 is 84.6 Å². The van der Waals surface area contributed by atoms with Crippen LogP contribution in [-0.4, -0.2) is 123 Å². The molecule has 7 atom stereocenters. The van der Waals surface area contributed by atoms with E-state index in [4.69, 9.17) is 23.9 Å². The van der Waals surface area contributed by atoms with E-state index in [1.165, 1.54) is 39.5 Å². The van der Waals surface area contributed by atoms with E-state index in [9.17, 15) is 57.9 Å². The average molecular weight is 1040 g/mol. The summed E-state index contributed by atoms with van der Waals surface area (Å²) in [6.07, 6.45) is 5.19. The van der Waals surface area contributed by atoms with Gasteiger partial charge in [-0.15, -0.1) is 0 Å². The smallest absolute Gasteiger partial charge is 0.466 e. The van der Waals surface area contributed by atoms with Gasteiger partial charge in [0.1, 0.15) is 47.8 Å². The lowest BCUT2D eigenvalue weighted by atomic mass is 9.87. The standard InChI is InChI=1S/C39H64N7O18P3S/c1-4-5-6-7-10-13-26-16-17-27(61-26)14-11-8-9-12-15-30(48)68-21-20-41-29(47)18-19-42-37(51)34(50)39(2,3)23-60-67(57,58)64-66(55,56)59-22-28-33(63-65(52,53)54)32(49)38(62-28)46-25-45-31-35(40)43-24-44-36(31)46/h16-17,24-25,28,32-34,38,49-50H,4-15,18-23H2,1-3H3,(H,41,47)(H,42,51)(H,55,56)(H,57,58)(H2,40,43,44)(H2,52,53,54). The molecule has 384 valence electrons. The van der Waals surface area contributed by atoms with E-state index in [0.29, 0.717) is 12.2 Å². The van der Waals surface area contributed by atoms with Crippen molar-refractivity contribution in [3.05, 3.63) is 36.3 Å². The molecule has 4 heterocycles. The molecule has 0 radical (unpaired) electrons. The van der Waals surface area contributed by atoms with Gasteiger partial charge < -0.3 is 55.3 Å². The molecule has 1 fully saturated rings. The van der Waals surface area contributed by atoms with Crippen molar-refractivity contribution in [1.29, 1.82) is 0 Å². The van der Waals surface area contributed by atoms with E-state index in [2.05, 4.69) is 53.5 Å². The number of imidazole rings is 1. The van der Waals surface area contributed by atoms with Gasteiger partial charge in [-0.1, -0.05) is 71.1 Å². The number of aryl methyl sites for hydroxylation is 2. The fourth-order valence-corrected chi connectivity index (χ4v) is 10.4. The molecule has 68 heavy (non-hydrogen) atoms. The Hall–Kier alpha value is -3.16. The SMILES string of the molecule is CCCCCCCc1ccc(CCCCCCC(=O)SCCNC(=O)CCNC(=O)C(O)C(C)(C)COP(=O)(O)OP(=O)(O)OCC2OC(n3cnc4c(N)ncnc43)C(O)C2OP(=O)(O)O)o1. The summed E-state index contributed by atoms with van der Waals surface area (Å²) in [5, 5.41) is 26.6. The largest absolute Gasteiger partial charge is 0.481 e. The molecule has 0 aliphatic carbocycles. The Balaban J connectivity index is 1.09. The maximum atomic E-state index is 12.7. The number of fused-ring (bicyclic) bond motifs is 1. The number of thioether (sulfide) groups is 1. The first-order valence-electron chi connectivity index (χ1n) is 22.1. The molecular formula is C39H64N7O18P3S. The van der Waals surface area contributed by atoms with Crippen LogP contribution in [0, 0.1) is 5.41 Å². The third kappa shape index (κ3) is 19.2. The second-order valence-electron chi connectivity index (χ2n) is 16.7. The number of hydrogen-bond donors (Lipinski definition) is 9. The van der Waals surface area contributed by atoms with Gasteiger partial charge >= 0.3 is 23.5 Å². The maximum absolute atomic E-state index is 12.7. The number of nitrogens with one attached hydrogen (secondary N) is 2. The molecule has 0 saturated carbocycles. The highest BCUT2D eigenvalue weighted by atomic mass is 32.2. The van der Waals surface area contributed by atoms with Crippen LogP contribution in [-0.2, 0) is 63.5 Å². The Morgan fingerprint density at radius 2 is 1.54 bits per heavy atom. The Morgan fingerprint density at radius 1 is 0.897 bits per heavy atom. The number of carbonyl (C=O) groups excluding carboxylic acids is 3. The van der Waals surface area contributed by atoms with Crippen LogP contribution in [0.2, 0.25) is 0 Å². The molecule has 1 aliphatic heterocycles. The van der Waals surface area contributed by atoms with Gasteiger partial charge in [0, 0.05) is 49.9 Å². The molecule has 2 amide bonds. The lowest BCUT2D eigenvalue weighted by Crippen LogP contribution is -2.46. The van der Waals surface area contributed by atoms with Gasteiger partial charge in [-0.3, -0.25) is 32.5 Å². The summed E-state index contributed by atoms with van der Waals surface area (Å²) >= 11 is 1.13. The number of carbonyl (C=O) groups is 3. The molecule has 0 spiro atoms. The molecule has 1 saturated heterocycles. The Labute approximate surface area is 397 Å². The first kappa shape index (κ1) is 57.4. The summed E-state index contributed by atoms with van der Waals surface area (Å²) in [5.41, 5.74) is 4.28. The molecule has 3 aromatic heterocycles. The van der Waals surface area contributed by atoms with Gasteiger partial charge in [0.05, 0.1) is 19.5 Å². The third-order valence-corrected chi connectivity index (χ3v) is 14.6. The topological polar surface area (TPSA) is 377 Å². The first-order valence-corrected chi connectivity index (χ1v) is 27.6. The number of nitrogens with two attached hydrogens (primary N) is 1. The Kier molecular flexibility index (Phi) is 22.7. The minimum Gasteiger partial charge on any atom is -0.466 e. The number of furan rings is 1. The third-order valence-electron chi connectivity index (χ3n) is 10.6. The van der Waals surface area contributed by atoms with Crippen LogP contribution >= 0.6 is 35.2 Å². The van der Waals surface area contributed by atoms with Crippen LogP contribution in [0.15, 0.2) is 29.2 Å². The van der Waals surface area contributed by atoms with Crippen molar-refractivity contribution in [2.75, 3.05) is 37.8 Å². The summed E-state index contributed by atoms with van der Waals surface area (Å²) in [6.45, 7) is 2.73. The van der Waals surface area contributed by atoms with Crippen molar-refractivity contribution in [1.82, 2.24) is 30.2 Å². The number of aromatic nitrogens is 4. The van der Waals surface area contributed by atoms with E-state index in [-0.39, 0.29) is 41.6 Å². The number of phosphoric acid groups is 3. The minimum absolute atomic E-state index is 0.0310. The number of nitrogen functional groups attached to an aromatic ring is 1. The number of unbranched alkanes of at least 4 members (excludes halogenated alkanes) is 7. The van der Waals surface area contributed by atoms with Crippen molar-refractivity contribution < 1.29 is 84.9 Å². The van der Waals surface area contributed by atoms with Gasteiger partial charge in [-0.2, -0.15) is 4.31 Å². The molecule has 10 N–H and O–H groups in total. The number of amides is 2. The van der Waals surface area contributed by atoms with Crippen LogP contribution in [0.25, 0.3) is 11.2 Å². The van der Waals surface area contributed by atoms with E-state index in [0.717, 1.165) is 85.4 Å². The molecular weight excluding hydrogens is 979 g/mol. The molecule has 0 aromatic carbocycles. The fourth-order valence-electron chi connectivity index (χ4n) is 6.88. The molecule has 4 rings (SSSR count). The van der Waals surface area contributed by atoms with Crippen LogP contribution in [0.5, 0.6) is 0 Å². The highest BCUT2D eigenvalue weighted by Gasteiger charge is 2.50. The lowest BCUT2D eigenvalue weighted by molar-refractivity contribution is -0.137. The summed E-state index contributed by atoms with van der Waals surface area (Å²) in [4.78, 5) is 88.5. The number of phosphoric ester groups is 3. The van der Waals surface area contributed by atoms with E-state index in [1.54, 1.807) is 0 Å². The normalized spacial score (nSPS) is 20.0. The predicted molar refractivity (Wildman–Crippen MR) is 245 cm³/mol. The number of rotatable bonds is 32. The highest BCUT2D eigenvalue weighted by molar-refractivity contribution is 8.13. The number of hydrogen-bond acceptors (Lipinski definition) is 19. The van der Waals surface area contributed by atoms with Crippen LogP contribution in [0.3, 0.4) is 0 Å². The molecule has 29 heteroatoms. The lowest BCUT2D eigenvalue weighted by Gasteiger charge is -2.30. The maximum Gasteiger partial charge on any atom is 0.481 e. The fraction of sp³-hybridized carbons (Fsp3) is 0.692. The zero-order valence-electron chi connectivity index (χ0n) is 38.1. The van der Waals surface area contributed by atoms with Crippen LogP contribution < -0.4 is 16.4 Å². The van der Waals surface area contributed by atoms with Crippen LogP contribution in [0.1, 0.15) is 109 Å². The second-order valence-corrected chi connectivity index (χ2v) is 22.1. The average Bonchev–Trinajstić information content (AvgIpc) is 3.98. The molecule has 7 unspecified atom stereocenters. The van der Waals surface area contributed by atoms with Gasteiger partial charge in [-0.05, 0) is 31.4 Å². The second kappa shape index (κ2) is 26.9. The van der Waals surface area contributed by atoms with Gasteiger partial charge in [0.15, 0.2) is 22.8 Å². The summed E-state index contributed by atoms with van der Waals surface area (Å²) in [6, 6.07) is 4.12. The number of aliphatic hydroxyl groups excluding tert-OH is 2. The molecule has 3 aromatic rings. The van der Waals surface area contributed by atoms with Crippen molar-refractivity contribution in [3.8, 4) is 0 Å². The van der Waals surface area contributed by atoms with Gasteiger partial charge in [-0.25, -0.2) is 28.6 Å². The van der Waals surface area contributed by atoms with Crippen molar-refractivity contribution in [3.63, 3.8) is 0 Å². The van der Waals surface area contributed by atoms with Crippen molar-refractivity contribution >= 4 is 69.1 Å². The van der Waals surface area contributed by atoms with Crippen molar-refractivity contribution in [2.45, 2.75) is 135 Å². The van der Waals surface area contributed by atoms with E-state index in [1.807, 2.05) is 0 Å². The Bertz CT molecular complexity index is 2240. The number of aliphatic hydroxyl groups is 2. The van der Waals surface area contributed by atoms with Crippen molar-refractivity contribution in [2.24, 2.45) is 5.41 Å². The monoisotopic (exact) mass is 1040 g/mol. The summed E-state index contributed by atoms with van der Waals surface area (Å²) in [7, 11) is -16.4.